The maximum Gasteiger partial charge on any atom is 0.253 e. The Labute approximate surface area is 163 Å². The van der Waals surface area contributed by atoms with Gasteiger partial charge in [0.25, 0.3) is 5.91 Å². The van der Waals surface area contributed by atoms with Gasteiger partial charge in [-0.05, 0) is 48.4 Å². The van der Waals surface area contributed by atoms with Crippen LogP contribution in [-0.2, 0) is 11.3 Å². The van der Waals surface area contributed by atoms with Gasteiger partial charge in [0.15, 0.2) is 5.78 Å². The summed E-state index contributed by atoms with van der Waals surface area (Å²) >= 11 is 1.39. The van der Waals surface area contributed by atoms with Gasteiger partial charge in [0.2, 0.25) is 5.91 Å². The molecule has 1 N–H and O–H groups in total. The molecule has 0 radical (unpaired) electrons. The summed E-state index contributed by atoms with van der Waals surface area (Å²) in [5, 5.41) is 4.68. The summed E-state index contributed by atoms with van der Waals surface area (Å²) in [5.41, 5.74) is 1.62. The highest BCUT2D eigenvalue weighted by Crippen LogP contribution is 2.14. The molecule has 0 atom stereocenters. The maximum atomic E-state index is 12.4. The van der Waals surface area contributed by atoms with Crippen molar-refractivity contribution in [3.05, 3.63) is 57.8 Å². The van der Waals surface area contributed by atoms with Gasteiger partial charge in [0.05, 0.1) is 4.88 Å². The van der Waals surface area contributed by atoms with E-state index in [-0.39, 0.29) is 30.4 Å². The summed E-state index contributed by atoms with van der Waals surface area (Å²) < 4.78 is 0. The van der Waals surface area contributed by atoms with E-state index in [4.69, 9.17) is 0 Å². The second-order valence-corrected chi connectivity index (χ2v) is 7.67. The standard InChI is InChI=1S/C21H24N2O3S/c24-18(19-5-4-14-27-19)10-11-20(25)22-15-16-6-8-17(9-7-16)21(26)23-12-2-1-3-13-23/h4-9,14H,1-3,10-13,15H2,(H,22,25). The van der Waals surface area contributed by atoms with E-state index in [0.29, 0.717) is 17.0 Å². The molecule has 0 spiro atoms. The number of nitrogens with one attached hydrogen (secondary N) is 1. The molecule has 2 aromatic rings. The molecule has 0 saturated carbocycles. The number of nitrogens with zero attached hydrogens (tertiary/aromatic N) is 1. The lowest BCUT2D eigenvalue weighted by Crippen LogP contribution is -2.35. The monoisotopic (exact) mass is 384 g/mol. The van der Waals surface area contributed by atoms with Crippen molar-refractivity contribution in [2.75, 3.05) is 13.1 Å². The van der Waals surface area contributed by atoms with Crippen LogP contribution >= 0.6 is 11.3 Å². The predicted molar refractivity (Wildman–Crippen MR) is 106 cm³/mol. The van der Waals surface area contributed by atoms with Crippen molar-refractivity contribution in [3.8, 4) is 0 Å². The summed E-state index contributed by atoms with van der Waals surface area (Å²) in [6, 6.07) is 11.0. The van der Waals surface area contributed by atoms with Crippen LogP contribution in [0.5, 0.6) is 0 Å². The van der Waals surface area contributed by atoms with Gasteiger partial charge in [-0.25, -0.2) is 0 Å². The number of carbonyl (C=O) groups is 3. The minimum absolute atomic E-state index is 0.000674. The molecule has 27 heavy (non-hydrogen) atoms. The summed E-state index contributed by atoms with van der Waals surface area (Å²) in [7, 11) is 0. The first-order valence-electron chi connectivity index (χ1n) is 9.35. The van der Waals surface area contributed by atoms with Crippen molar-refractivity contribution >= 4 is 28.9 Å². The Kier molecular flexibility index (Phi) is 6.76. The number of rotatable bonds is 7. The van der Waals surface area contributed by atoms with Crippen molar-refractivity contribution in [1.29, 1.82) is 0 Å². The van der Waals surface area contributed by atoms with Crippen LogP contribution in [0.25, 0.3) is 0 Å². The van der Waals surface area contributed by atoms with Gasteiger partial charge in [-0.15, -0.1) is 11.3 Å². The van der Waals surface area contributed by atoms with E-state index >= 15 is 0 Å². The molecule has 1 aliphatic rings. The third-order valence-electron chi connectivity index (χ3n) is 4.71. The number of likely N-dealkylation sites (tertiary alicyclic amines) is 1. The molecular weight excluding hydrogens is 360 g/mol. The first-order valence-corrected chi connectivity index (χ1v) is 10.2. The van der Waals surface area contributed by atoms with Gasteiger partial charge < -0.3 is 10.2 Å². The Morgan fingerprint density at radius 1 is 0.963 bits per heavy atom. The van der Waals surface area contributed by atoms with Crippen molar-refractivity contribution in [1.82, 2.24) is 10.2 Å². The van der Waals surface area contributed by atoms with Gasteiger partial charge in [0.1, 0.15) is 0 Å². The molecule has 1 aliphatic heterocycles. The Balaban J connectivity index is 1.43. The molecule has 0 bridgehead atoms. The Morgan fingerprint density at radius 3 is 2.37 bits per heavy atom. The maximum absolute atomic E-state index is 12.4. The molecule has 5 nitrogen and oxygen atoms in total. The fourth-order valence-corrected chi connectivity index (χ4v) is 3.82. The van der Waals surface area contributed by atoms with E-state index in [1.807, 2.05) is 40.6 Å². The number of hydrogen-bond donors (Lipinski definition) is 1. The average Bonchev–Trinajstić information content (AvgIpc) is 3.26. The number of carbonyl (C=O) groups excluding carboxylic acids is 3. The summed E-state index contributed by atoms with van der Waals surface area (Å²) in [6.07, 6.45) is 3.74. The minimum atomic E-state index is -0.145. The molecule has 1 aromatic heterocycles. The molecule has 0 aliphatic carbocycles. The molecule has 1 saturated heterocycles. The molecule has 0 unspecified atom stereocenters. The zero-order chi connectivity index (χ0) is 19.1. The van der Waals surface area contributed by atoms with Gasteiger partial charge in [-0.1, -0.05) is 18.2 Å². The fourth-order valence-electron chi connectivity index (χ4n) is 3.12. The summed E-state index contributed by atoms with van der Waals surface area (Å²) in [4.78, 5) is 38.9. The molecule has 142 valence electrons. The Morgan fingerprint density at radius 2 is 1.70 bits per heavy atom. The normalized spacial score (nSPS) is 14.0. The molecule has 6 heteroatoms. The van der Waals surface area contributed by atoms with Crippen molar-refractivity contribution in [2.45, 2.75) is 38.6 Å². The zero-order valence-corrected chi connectivity index (χ0v) is 16.1. The van der Waals surface area contributed by atoms with Crippen LogP contribution in [0.4, 0.5) is 0 Å². The first kappa shape index (κ1) is 19.3. The lowest BCUT2D eigenvalue weighted by atomic mass is 10.1. The quantitative estimate of drug-likeness (QED) is 0.741. The number of piperidine rings is 1. The highest BCUT2D eigenvalue weighted by molar-refractivity contribution is 7.12. The average molecular weight is 385 g/mol. The number of benzene rings is 1. The van der Waals surface area contributed by atoms with Crippen molar-refractivity contribution < 1.29 is 14.4 Å². The van der Waals surface area contributed by atoms with Gasteiger partial charge in [0, 0.05) is 38.0 Å². The van der Waals surface area contributed by atoms with E-state index in [2.05, 4.69) is 5.32 Å². The lowest BCUT2D eigenvalue weighted by molar-refractivity contribution is -0.121. The highest BCUT2D eigenvalue weighted by Gasteiger charge is 2.18. The Hall–Kier alpha value is -2.47. The molecular formula is C21H24N2O3S. The van der Waals surface area contributed by atoms with Crippen LogP contribution in [0.2, 0.25) is 0 Å². The molecule has 2 amide bonds. The molecule has 2 heterocycles. The van der Waals surface area contributed by atoms with Crippen LogP contribution in [0.1, 0.15) is 57.7 Å². The third-order valence-corrected chi connectivity index (χ3v) is 5.62. The second-order valence-electron chi connectivity index (χ2n) is 6.73. The second kappa shape index (κ2) is 9.46. The number of thiophene rings is 1. The number of amides is 2. The summed E-state index contributed by atoms with van der Waals surface area (Å²) in [6.45, 7) is 2.06. The van der Waals surface area contributed by atoms with E-state index in [1.54, 1.807) is 6.07 Å². The van der Waals surface area contributed by atoms with Crippen molar-refractivity contribution in [2.24, 2.45) is 0 Å². The van der Waals surface area contributed by atoms with E-state index in [9.17, 15) is 14.4 Å². The van der Waals surface area contributed by atoms with Crippen LogP contribution in [-0.4, -0.2) is 35.6 Å². The number of ketones is 1. The minimum Gasteiger partial charge on any atom is -0.352 e. The summed E-state index contributed by atoms with van der Waals surface area (Å²) in [5.74, 6) is -0.0634. The first-order chi connectivity index (χ1) is 13.1. The van der Waals surface area contributed by atoms with E-state index < -0.39 is 0 Å². The van der Waals surface area contributed by atoms with E-state index in [0.717, 1.165) is 31.5 Å². The van der Waals surface area contributed by atoms with Gasteiger partial charge >= 0.3 is 0 Å². The third kappa shape index (κ3) is 5.50. The number of Topliss-reactive ketones (excluding diaryl/α,β-unsaturated/α-hetero) is 1. The van der Waals surface area contributed by atoms with Crippen LogP contribution < -0.4 is 5.32 Å². The van der Waals surface area contributed by atoms with Crippen LogP contribution in [0, 0.1) is 0 Å². The van der Waals surface area contributed by atoms with E-state index in [1.165, 1.54) is 17.8 Å². The molecule has 1 aromatic carbocycles. The highest BCUT2D eigenvalue weighted by atomic mass is 32.1. The van der Waals surface area contributed by atoms with Gasteiger partial charge in [-0.3, -0.25) is 14.4 Å². The van der Waals surface area contributed by atoms with Crippen LogP contribution in [0.15, 0.2) is 41.8 Å². The van der Waals surface area contributed by atoms with Crippen LogP contribution in [0.3, 0.4) is 0 Å². The smallest absolute Gasteiger partial charge is 0.253 e. The van der Waals surface area contributed by atoms with Crippen molar-refractivity contribution in [3.63, 3.8) is 0 Å². The zero-order valence-electron chi connectivity index (χ0n) is 15.3. The fraction of sp³-hybridized carbons (Fsp3) is 0.381. The SMILES string of the molecule is O=C(CCC(=O)c1cccs1)NCc1ccc(C(=O)N2CCCCC2)cc1. The Bertz CT molecular complexity index is 778. The molecule has 3 rings (SSSR count). The topological polar surface area (TPSA) is 66.5 Å². The predicted octanol–water partition coefficient (Wildman–Crippen LogP) is 3.65. The lowest BCUT2D eigenvalue weighted by Gasteiger charge is -2.26. The number of hydrogen-bond acceptors (Lipinski definition) is 4. The van der Waals surface area contributed by atoms with Gasteiger partial charge in [-0.2, -0.15) is 0 Å². The largest absolute Gasteiger partial charge is 0.352 e. The molecule has 1 fully saturated rings.